The molecule has 5 nitrogen and oxygen atoms in total. The van der Waals surface area contributed by atoms with Gasteiger partial charge in [0.25, 0.3) is 0 Å². The predicted octanol–water partition coefficient (Wildman–Crippen LogP) is 0.473. The minimum Gasteiger partial charge on any atom is -0.378 e. The van der Waals surface area contributed by atoms with Gasteiger partial charge in [0.05, 0.1) is 18.5 Å². The van der Waals surface area contributed by atoms with Crippen LogP contribution in [0.1, 0.15) is 33.1 Å². The fourth-order valence-electron chi connectivity index (χ4n) is 1.83. The molecule has 0 bridgehead atoms. The molecule has 102 valence electrons. The van der Waals surface area contributed by atoms with E-state index in [4.69, 9.17) is 4.74 Å². The van der Waals surface area contributed by atoms with E-state index in [-0.39, 0.29) is 24.5 Å². The van der Waals surface area contributed by atoms with Crippen molar-refractivity contribution in [2.75, 3.05) is 25.4 Å². The van der Waals surface area contributed by atoms with Crippen LogP contribution in [0.4, 0.5) is 0 Å². The molecule has 0 spiro atoms. The zero-order valence-corrected chi connectivity index (χ0v) is 11.6. The molecule has 1 unspecified atom stereocenters. The summed E-state index contributed by atoms with van der Waals surface area (Å²) >= 11 is 0. The SMILES string of the molecule is CC(C)OCCS(=O)(=O)NC1CCCCNC1. The van der Waals surface area contributed by atoms with Crippen molar-refractivity contribution in [3.05, 3.63) is 0 Å². The molecule has 0 radical (unpaired) electrons. The average Bonchev–Trinajstić information content (AvgIpc) is 2.44. The summed E-state index contributed by atoms with van der Waals surface area (Å²) in [6.07, 6.45) is 3.18. The molecule has 1 heterocycles. The summed E-state index contributed by atoms with van der Waals surface area (Å²) in [5.41, 5.74) is 0. The van der Waals surface area contributed by atoms with Crippen molar-refractivity contribution in [1.82, 2.24) is 10.0 Å². The summed E-state index contributed by atoms with van der Waals surface area (Å²) in [4.78, 5) is 0. The molecule has 0 amide bonds. The van der Waals surface area contributed by atoms with Gasteiger partial charge in [-0.15, -0.1) is 0 Å². The minimum absolute atomic E-state index is 0.0292. The fraction of sp³-hybridized carbons (Fsp3) is 1.00. The zero-order valence-electron chi connectivity index (χ0n) is 10.7. The maximum atomic E-state index is 11.8. The molecule has 1 aliphatic heterocycles. The average molecular weight is 264 g/mol. The van der Waals surface area contributed by atoms with Crippen molar-refractivity contribution < 1.29 is 13.2 Å². The lowest BCUT2D eigenvalue weighted by molar-refractivity contribution is 0.0911. The van der Waals surface area contributed by atoms with Crippen molar-refractivity contribution in [1.29, 1.82) is 0 Å². The Kier molecular flexibility index (Phi) is 6.40. The summed E-state index contributed by atoms with van der Waals surface area (Å²) in [6, 6.07) is 0.0292. The first-order valence-corrected chi connectivity index (χ1v) is 7.97. The third kappa shape index (κ3) is 6.98. The third-order valence-electron chi connectivity index (χ3n) is 2.70. The zero-order chi connectivity index (χ0) is 12.7. The van der Waals surface area contributed by atoms with Gasteiger partial charge in [-0.1, -0.05) is 6.42 Å². The molecule has 1 aliphatic rings. The number of hydrogen-bond donors (Lipinski definition) is 2. The van der Waals surface area contributed by atoms with Gasteiger partial charge in [-0.25, -0.2) is 13.1 Å². The van der Waals surface area contributed by atoms with Crippen LogP contribution in [-0.4, -0.2) is 46.0 Å². The van der Waals surface area contributed by atoms with Crippen LogP contribution < -0.4 is 10.0 Å². The molecule has 2 N–H and O–H groups in total. The van der Waals surface area contributed by atoms with Gasteiger partial charge >= 0.3 is 0 Å². The summed E-state index contributed by atoms with van der Waals surface area (Å²) in [6.45, 7) is 5.76. The highest BCUT2D eigenvalue weighted by molar-refractivity contribution is 7.89. The van der Waals surface area contributed by atoms with Crippen LogP contribution in [0, 0.1) is 0 Å². The van der Waals surface area contributed by atoms with E-state index in [1.54, 1.807) is 0 Å². The number of hydrogen-bond acceptors (Lipinski definition) is 4. The topological polar surface area (TPSA) is 67.4 Å². The van der Waals surface area contributed by atoms with Crippen molar-refractivity contribution >= 4 is 10.0 Å². The number of rotatable bonds is 6. The Morgan fingerprint density at radius 2 is 2.18 bits per heavy atom. The maximum absolute atomic E-state index is 11.8. The van der Waals surface area contributed by atoms with Crippen LogP contribution in [0.3, 0.4) is 0 Å². The summed E-state index contributed by atoms with van der Waals surface area (Å²) in [5.74, 6) is 0.0433. The summed E-state index contributed by atoms with van der Waals surface area (Å²) < 4.78 is 31.5. The second-order valence-electron chi connectivity index (χ2n) is 4.75. The van der Waals surface area contributed by atoms with Gasteiger partial charge in [-0.2, -0.15) is 0 Å². The van der Waals surface area contributed by atoms with E-state index >= 15 is 0 Å². The third-order valence-corrected chi connectivity index (χ3v) is 4.09. The Morgan fingerprint density at radius 3 is 2.88 bits per heavy atom. The Bertz CT molecular complexity index is 296. The molecular formula is C11H24N2O3S. The highest BCUT2D eigenvalue weighted by Gasteiger charge is 2.18. The standard InChI is InChI=1S/C11H24N2O3S/c1-10(2)16-7-8-17(14,15)13-11-5-3-4-6-12-9-11/h10-13H,3-9H2,1-2H3. The van der Waals surface area contributed by atoms with E-state index in [1.807, 2.05) is 13.8 Å². The molecule has 0 aromatic carbocycles. The van der Waals surface area contributed by atoms with Gasteiger partial charge in [0.1, 0.15) is 0 Å². The van der Waals surface area contributed by atoms with Crippen molar-refractivity contribution in [2.24, 2.45) is 0 Å². The van der Waals surface area contributed by atoms with Crippen LogP contribution in [0.15, 0.2) is 0 Å². The first kappa shape index (κ1) is 14.9. The lowest BCUT2D eigenvalue weighted by atomic mass is 10.2. The number of sulfonamides is 1. The van der Waals surface area contributed by atoms with Crippen molar-refractivity contribution in [3.63, 3.8) is 0 Å². The van der Waals surface area contributed by atoms with Crippen LogP contribution in [0.5, 0.6) is 0 Å². The molecule has 0 saturated carbocycles. The van der Waals surface area contributed by atoms with E-state index in [1.165, 1.54) is 0 Å². The van der Waals surface area contributed by atoms with Crippen LogP contribution in [0.2, 0.25) is 0 Å². The van der Waals surface area contributed by atoms with E-state index in [0.29, 0.717) is 0 Å². The molecule has 17 heavy (non-hydrogen) atoms. The van der Waals surface area contributed by atoms with Gasteiger partial charge in [0.15, 0.2) is 0 Å². The quantitative estimate of drug-likeness (QED) is 0.732. The second-order valence-corrected chi connectivity index (χ2v) is 6.63. The van der Waals surface area contributed by atoms with Gasteiger partial charge in [0, 0.05) is 12.6 Å². The summed E-state index contributed by atoms with van der Waals surface area (Å²) in [7, 11) is -3.21. The second kappa shape index (κ2) is 7.31. The molecule has 0 aromatic rings. The van der Waals surface area contributed by atoms with Gasteiger partial charge in [-0.3, -0.25) is 0 Å². The summed E-state index contributed by atoms with van der Waals surface area (Å²) in [5, 5.41) is 3.24. The van der Waals surface area contributed by atoms with E-state index in [9.17, 15) is 8.42 Å². The van der Waals surface area contributed by atoms with Crippen LogP contribution in [0.25, 0.3) is 0 Å². The first-order valence-electron chi connectivity index (χ1n) is 6.32. The lowest BCUT2D eigenvalue weighted by Crippen LogP contribution is -2.42. The number of nitrogens with one attached hydrogen (secondary N) is 2. The minimum atomic E-state index is -3.21. The monoisotopic (exact) mass is 264 g/mol. The normalized spacial score (nSPS) is 22.6. The van der Waals surface area contributed by atoms with E-state index in [0.717, 1.165) is 32.4 Å². The largest absolute Gasteiger partial charge is 0.378 e. The Labute approximate surface area is 104 Å². The Hall–Kier alpha value is -0.170. The molecule has 1 saturated heterocycles. The Balaban J connectivity index is 2.31. The highest BCUT2D eigenvalue weighted by Crippen LogP contribution is 2.05. The number of ether oxygens (including phenoxy) is 1. The highest BCUT2D eigenvalue weighted by atomic mass is 32.2. The maximum Gasteiger partial charge on any atom is 0.214 e. The van der Waals surface area contributed by atoms with E-state index in [2.05, 4.69) is 10.0 Å². The molecule has 0 aliphatic carbocycles. The van der Waals surface area contributed by atoms with Gasteiger partial charge in [0.2, 0.25) is 10.0 Å². The Morgan fingerprint density at radius 1 is 1.41 bits per heavy atom. The van der Waals surface area contributed by atoms with Crippen molar-refractivity contribution in [3.8, 4) is 0 Å². The predicted molar refractivity (Wildman–Crippen MR) is 68.5 cm³/mol. The van der Waals surface area contributed by atoms with Crippen LogP contribution >= 0.6 is 0 Å². The van der Waals surface area contributed by atoms with Crippen LogP contribution in [-0.2, 0) is 14.8 Å². The molecule has 0 aromatic heterocycles. The van der Waals surface area contributed by atoms with Crippen molar-refractivity contribution in [2.45, 2.75) is 45.3 Å². The molecule has 1 rings (SSSR count). The first-order chi connectivity index (χ1) is 7.99. The molecule has 1 fully saturated rings. The molecule has 6 heteroatoms. The van der Waals surface area contributed by atoms with Gasteiger partial charge in [-0.05, 0) is 33.2 Å². The smallest absolute Gasteiger partial charge is 0.214 e. The van der Waals surface area contributed by atoms with Gasteiger partial charge < -0.3 is 10.1 Å². The fourth-order valence-corrected chi connectivity index (χ4v) is 2.97. The van der Waals surface area contributed by atoms with E-state index < -0.39 is 10.0 Å². The lowest BCUT2D eigenvalue weighted by Gasteiger charge is -2.16. The molecular weight excluding hydrogens is 240 g/mol. The molecule has 1 atom stereocenters.